The SMILES string of the molecule is CC(C)c1nncn1CCNC(=O)CC(N)c1ccccc1.Cl.Cl. The molecule has 24 heavy (non-hydrogen) atoms. The van der Waals surface area contributed by atoms with Crippen molar-refractivity contribution in [1.82, 2.24) is 20.1 Å². The van der Waals surface area contributed by atoms with Gasteiger partial charge in [0.25, 0.3) is 0 Å². The first-order valence-corrected chi connectivity index (χ1v) is 7.53. The van der Waals surface area contributed by atoms with Crippen molar-refractivity contribution >= 4 is 30.7 Å². The Morgan fingerprint density at radius 2 is 1.92 bits per heavy atom. The number of nitrogens with two attached hydrogens (primary N) is 1. The molecule has 0 fully saturated rings. The number of benzene rings is 1. The zero-order valence-electron chi connectivity index (χ0n) is 13.9. The van der Waals surface area contributed by atoms with Crippen LogP contribution in [0.25, 0.3) is 0 Å². The van der Waals surface area contributed by atoms with Crippen LogP contribution in [0.3, 0.4) is 0 Å². The number of aromatic nitrogens is 3. The Labute approximate surface area is 155 Å². The lowest BCUT2D eigenvalue weighted by molar-refractivity contribution is -0.121. The monoisotopic (exact) mass is 373 g/mol. The number of carbonyl (C=O) groups is 1. The Hall–Kier alpha value is -1.63. The minimum Gasteiger partial charge on any atom is -0.354 e. The normalized spacial score (nSPS) is 11.3. The first-order chi connectivity index (χ1) is 10.6. The molecule has 2 aromatic rings. The van der Waals surface area contributed by atoms with Gasteiger partial charge in [0, 0.05) is 31.5 Å². The minimum atomic E-state index is -0.276. The van der Waals surface area contributed by atoms with Crippen molar-refractivity contribution < 1.29 is 4.79 Å². The van der Waals surface area contributed by atoms with E-state index >= 15 is 0 Å². The molecule has 0 aliphatic heterocycles. The van der Waals surface area contributed by atoms with Crippen molar-refractivity contribution in [2.24, 2.45) is 5.73 Å². The molecule has 1 amide bonds. The molecule has 0 radical (unpaired) electrons. The fourth-order valence-corrected chi connectivity index (χ4v) is 2.29. The van der Waals surface area contributed by atoms with Gasteiger partial charge in [-0.1, -0.05) is 44.2 Å². The van der Waals surface area contributed by atoms with Crippen LogP contribution in [0, 0.1) is 0 Å². The highest BCUT2D eigenvalue weighted by atomic mass is 35.5. The third-order valence-corrected chi connectivity index (χ3v) is 3.47. The van der Waals surface area contributed by atoms with Gasteiger partial charge in [-0.3, -0.25) is 4.79 Å². The second kappa shape index (κ2) is 11.0. The van der Waals surface area contributed by atoms with E-state index in [-0.39, 0.29) is 43.2 Å². The van der Waals surface area contributed by atoms with E-state index < -0.39 is 0 Å². The molecule has 0 aliphatic carbocycles. The molecule has 134 valence electrons. The van der Waals surface area contributed by atoms with Crippen LogP contribution < -0.4 is 11.1 Å². The fourth-order valence-electron chi connectivity index (χ4n) is 2.29. The number of carbonyl (C=O) groups excluding carboxylic acids is 1. The van der Waals surface area contributed by atoms with Crippen molar-refractivity contribution in [3.05, 3.63) is 48.0 Å². The topological polar surface area (TPSA) is 85.8 Å². The molecule has 0 saturated heterocycles. The first-order valence-electron chi connectivity index (χ1n) is 7.53. The molecule has 3 N–H and O–H groups in total. The summed E-state index contributed by atoms with van der Waals surface area (Å²) in [4.78, 5) is 11.9. The van der Waals surface area contributed by atoms with E-state index in [4.69, 9.17) is 5.73 Å². The van der Waals surface area contributed by atoms with Crippen molar-refractivity contribution in [3.63, 3.8) is 0 Å². The summed E-state index contributed by atoms with van der Waals surface area (Å²) >= 11 is 0. The molecule has 0 bridgehead atoms. The van der Waals surface area contributed by atoms with Crippen LogP contribution in [0.4, 0.5) is 0 Å². The Bertz CT molecular complexity index is 604. The van der Waals surface area contributed by atoms with Gasteiger partial charge >= 0.3 is 0 Å². The van der Waals surface area contributed by atoms with Crippen molar-refractivity contribution in [1.29, 1.82) is 0 Å². The lowest BCUT2D eigenvalue weighted by Crippen LogP contribution is -2.30. The maximum absolute atomic E-state index is 11.9. The van der Waals surface area contributed by atoms with E-state index in [1.807, 2.05) is 34.9 Å². The highest BCUT2D eigenvalue weighted by Gasteiger charge is 2.12. The maximum Gasteiger partial charge on any atom is 0.221 e. The molecule has 0 spiro atoms. The van der Waals surface area contributed by atoms with E-state index in [1.165, 1.54) is 0 Å². The molecule has 1 unspecified atom stereocenters. The third-order valence-electron chi connectivity index (χ3n) is 3.47. The zero-order valence-corrected chi connectivity index (χ0v) is 15.5. The third kappa shape index (κ3) is 6.47. The summed E-state index contributed by atoms with van der Waals surface area (Å²) in [5, 5.41) is 10.9. The second-order valence-corrected chi connectivity index (χ2v) is 5.61. The number of hydrogen-bond acceptors (Lipinski definition) is 4. The number of hydrogen-bond donors (Lipinski definition) is 2. The molecular weight excluding hydrogens is 349 g/mol. The first kappa shape index (κ1) is 22.4. The van der Waals surface area contributed by atoms with Crippen LogP contribution in [0.15, 0.2) is 36.7 Å². The molecule has 1 heterocycles. The van der Waals surface area contributed by atoms with Gasteiger partial charge in [0.05, 0.1) is 0 Å². The van der Waals surface area contributed by atoms with Gasteiger partial charge in [-0.2, -0.15) is 0 Å². The standard InChI is InChI=1S/C16H23N5O.2ClH/c1-12(2)16-20-19-11-21(16)9-8-18-15(22)10-14(17)13-6-4-3-5-7-13;;/h3-7,11-12,14H,8-10,17H2,1-2H3,(H,18,22);2*1H. The molecule has 6 nitrogen and oxygen atoms in total. The van der Waals surface area contributed by atoms with Crippen molar-refractivity contribution in [3.8, 4) is 0 Å². The van der Waals surface area contributed by atoms with Crippen LogP contribution in [0.5, 0.6) is 0 Å². The van der Waals surface area contributed by atoms with E-state index in [2.05, 4.69) is 29.4 Å². The maximum atomic E-state index is 11.9. The van der Waals surface area contributed by atoms with Crippen LogP contribution >= 0.6 is 24.8 Å². The minimum absolute atomic E-state index is 0. The Kier molecular flexibility index (Phi) is 10.3. The van der Waals surface area contributed by atoms with Crippen LogP contribution in [0.1, 0.15) is 43.6 Å². The summed E-state index contributed by atoms with van der Waals surface area (Å²) in [6, 6.07) is 9.37. The Morgan fingerprint density at radius 3 is 2.54 bits per heavy atom. The lowest BCUT2D eigenvalue weighted by Gasteiger charge is -2.13. The number of nitrogens with zero attached hydrogens (tertiary/aromatic N) is 3. The van der Waals surface area contributed by atoms with Gasteiger partial charge in [0.15, 0.2) is 0 Å². The molecule has 0 saturated carbocycles. The lowest BCUT2D eigenvalue weighted by atomic mass is 10.0. The number of amides is 1. The van der Waals surface area contributed by atoms with Crippen LogP contribution in [-0.2, 0) is 11.3 Å². The molecule has 2 rings (SSSR count). The predicted molar refractivity (Wildman–Crippen MR) is 99.6 cm³/mol. The number of rotatable bonds is 7. The summed E-state index contributed by atoms with van der Waals surface area (Å²) in [6.07, 6.45) is 1.97. The summed E-state index contributed by atoms with van der Waals surface area (Å²) in [7, 11) is 0. The highest BCUT2D eigenvalue weighted by Crippen LogP contribution is 2.13. The van der Waals surface area contributed by atoms with E-state index in [1.54, 1.807) is 6.33 Å². The quantitative estimate of drug-likeness (QED) is 0.780. The summed E-state index contributed by atoms with van der Waals surface area (Å²) in [5.74, 6) is 1.19. The molecule has 1 aromatic carbocycles. The molecule has 1 aromatic heterocycles. The van der Waals surface area contributed by atoms with Crippen molar-refractivity contribution in [2.75, 3.05) is 6.54 Å². The molecule has 0 aliphatic rings. The van der Waals surface area contributed by atoms with E-state index in [0.717, 1.165) is 11.4 Å². The zero-order chi connectivity index (χ0) is 15.9. The van der Waals surface area contributed by atoms with Gasteiger partial charge in [-0.25, -0.2) is 0 Å². The molecular formula is C16H25Cl2N5O. The van der Waals surface area contributed by atoms with Crippen molar-refractivity contribution in [2.45, 2.75) is 38.8 Å². The highest BCUT2D eigenvalue weighted by molar-refractivity contribution is 5.85. The van der Waals surface area contributed by atoms with Gasteiger partial charge in [-0.05, 0) is 5.56 Å². The summed E-state index contributed by atoms with van der Waals surface area (Å²) in [6.45, 7) is 5.33. The van der Waals surface area contributed by atoms with Crippen LogP contribution in [-0.4, -0.2) is 27.2 Å². The van der Waals surface area contributed by atoms with Gasteiger partial charge in [0.1, 0.15) is 12.2 Å². The molecule has 1 atom stereocenters. The van der Waals surface area contributed by atoms with Crippen LogP contribution in [0.2, 0.25) is 0 Å². The molecule has 8 heteroatoms. The fraction of sp³-hybridized carbons (Fsp3) is 0.438. The average Bonchev–Trinajstić information content (AvgIpc) is 2.97. The van der Waals surface area contributed by atoms with E-state index in [0.29, 0.717) is 19.0 Å². The smallest absolute Gasteiger partial charge is 0.221 e. The Balaban J connectivity index is 0.00000264. The van der Waals surface area contributed by atoms with Gasteiger partial charge in [0.2, 0.25) is 5.91 Å². The van der Waals surface area contributed by atoms with Gasteiger partial charge < -0.3 is 15.6 Å². The van der Waals surface area contributed by atoms with Gasteiger partial charge in [-0.15, -0.1) is 35.0 Å². The average molecular weight is 374 g/mol. The predicted octanol–water partition coefficient (Wildman–Crippen LogP) is 2.45. The van der Waals surface area contributed by atoms with E-state index in [9.17, 15) is 4.79 Å². The second-order valence-electron chi connectivity index (χ2n) is 5.61. The summed E-state index contributed by atoms with van der Waals surface area (Å²) in [5.41, 5.74) is 7.01. The summed E-state index contributed by atoms with van der Waals surface area (Å²) < 4.78 is 1.96. The number of nitrogens with one attached hydrogen (secondary N) is 1. The Morgan fingerprint density at radius 1 is 1.25 bits per heavy atom. The number of halogens is 2. The largest absolute Gasteiger partial charge is 0.354 e.